The molecule has 130 valence electrons. The van der Waals surface area contributed by atoms with Crippen LogP contribution >= 0.6 is 11.3 Å². The van der Waals surface area contributed by atoms with Gasteiger partial charge >= 0.3 is 5.97 Å². The summed E-state index contributed by atoms with van der Waals surface area (Å²) < 4.78 is 2.91. The van der Waals surface area contributed by atoms with Crippen molar-refractivity contribution in [2.75, 3.05) is 5.32 Å². The van der Waals surface area contributed by atoms with Gasteiger partial charge in [0.2, 0.25) is 0 Å². The van der Waals surface area contributed by atoms with E-state index in [9.17, 15) is 9.59 Å². The zero-order chi connectivity index (χ0) is 18.1. The molecule has 3 aromatic rings. The standard InChI is InChI=1S/C15H16N6O3S/c1-8-10(6-17-20(8)3)11-7-25-15(18-11)19-13(22)9(2)21-12(14(23)24)4-5-16-21/h4-7,9H,1-3H3,(H,23,24)(H,18,19,22). The van der Waals surface area contributed by atoms with Crippen LogP contribution in [0.25, 0.3) is 11.3 Å². The average Bonchev–Trinajstić information content (AvgIpc) is 3.28. The molecule has 0 fully saturated rings. The third-order valence-electron chi connectivity index (χ3n) is 3.88. The number of carbonyl (C=O) groups is 2. The first-order chi connectivity index (χ1) is 11.9. The van der Waals surface area contributed by atoms with Crippen LogP contribution in [0.15, 0.2) is 23.8 Å². The Morgan fingerprint density at radius 3 is 2.76 bits per heavy atom. The number of carbonyl (C=O) groups excluding carboxylic acids is 1. The normalized spacial score (nSPS) is 12.1. The fourth-order valence-corrected chi connectivity index (χ4v) is 3.03. The number of hydrogen-bond acceptors (Lipinski definition) is 6. The molecule has 0 aromatic carbocycles. The topological polar surface area (TPSA) is 115 Å². The number of thiazole rings is 1. The summed E-state index contributed by atoms with van der Waals surface area (Å²) >= 11 is 1.29. The lowest BCUT2D eigenvalue weighted by molar-refractivity contribution is -0.119. The van der Waals surface area contributed by atoms with E-state index in [1.807, 2.05) is 19.4 Å². The number of rotatable bonds is 5. The predicted octanol–water partition coefficient (Wildman–Crippen LogP) is 1.95. The Balaban J connectivity index is 1.76. The third kappa shape index (κ3) is 3.15. The second-order valence-electron chi connectivity index (χ2n) is 5.44. The first-order valence-corrected chi connectivity index (χ1v) is 8.28. The molecule has 0 aliphatic heterocycles. The molecule has 0 radical (unpaired) electrons. The van der Waals surface area contributed by atoms with Crippen molar-refractivity contribution in [1.29, 1.82) is 0 Å². The summed E-state index contributed by atoms with van der Waals surface area (Å²) in [5.74, 6) is -1.53. The Labute approximate surface area is 146 Å². The van der Waals surface area contributed by atoms with Crippen molar-refractivity contribution in [2.24, 2.45) is 7.05 Å². The minimum Gasteiger partial charge on any atom is -0.477 e. The number of aryl methyl sites for hydroxylation is 1. The molecule has 9 nitrogen and oxygen atoms in total. The molecule has 3 rings (SSSR count). The van der Waals surface area contributed by atoms with Gasteiger partial charge in [0.25, 0.3) is 5.91 Å². The molecule has 0 saturated carbocycles. The molecular weight excluding hydrogens is 344 g/mol. The van der Waals surface area contributed by atoms with Crippen LogP contribution in [0.5, 0.6) is 0 Å². The highest BCUT2D eigenvalue weighted by Crippen LogP contribution is 2.27. The summed E-state index contributed by atoms with van der Waals surface area (Å²) in [6.07, 6.45) is 3.07. The van der Waals surface area contributed by atoms with Gasteiger partial charge in [0, 0.05) is 29.9 Å². The van der Waals surface area contributed by atoms with Crippen molar-refractivity contribution >= 4 is 28.3 Å². The maximum atomic E-state index is 12.4. The average molecular weight is 360 g/mol. The Hall–Kier alpha value is -3.01. The highest BCUT2D eigenvalue weighted by molar-refractivity contribution is 7.14. The largest absolute Gasteiger partial charge is 0.477 e. The van der Waals surface area contributed by atoms with Gasteiger partial charge in [-0.05, 0) is 19.9 Å². The van der Waals surface area contributed by atoms with Crippen LogP contribution in [0.3, 0.4) is 0 Å². The number of amides is 1. The van der Waals surface area contributed by atoms with Crippen LogP contribution in [0.2, 0.25) is 0 Å². The summed E-state index contributed by atoms with van der Waals surface area (Å²) in [6.45, 7) is 3.52. The minimum atomic E-state index is -1.14. The van der Waals surface area contributed by atoms with Crippen LogP contribution < -0.4 is 5.32 Å². The number of nitrogens with zero attached hydrogens (tertiary/aromatic N) is 5. The fourth-order valence-electron chi connectivity index (χ4n) is 2.32. The molecule has 0 spiro atoms. The molecule has 2 N–H and O–H groups in total. The van der Waals surface area contributed by atoms with E-state index in [2.05, 4.69) is 20.5 Å². The van der Waals surface area contributed by atoms with Gasteiger partial charge in [0.1, 0.15) is 11.7 Å². The predicted molar refractivity (Wildman–Crippen MR) is 91.6 cm³/mol. The Morgan fingerprint density at radius 1 is 1.36 bits per heavy atom. The second-order valence-corrected chi connectivity index (χ2v) is 6.29. The van der Waals surface area contributed by atoms with E-state index in [1.54, 1.807) is 17.8 Å². The van der Waals surface area contributed by atoms with Crippen LogP contribution in [-0.2, 0) is 11.8 Å². The van der Waals surface area contributed by atoms with Gasteiger partial charge < -0.3 is 10.4 Å². The molecule has 10 heteroatoms. The van der Waals surface area contributed by atoms with Crippen molar-refractivity contribution in [3.05, 3.63) is 35.2 Å². The molecule has 1 atom stereocenters. The lowest BCUT2D eigenvalue weighted by atomic mass is 10.2. The van der Waals surface area contributed by atoms with Crippen LogP contribution in [0, 0.1) is 6.92 Å². The van der Waals surface area contributed by atoms with Gasteiger partial charge in [0.15, 0.2) is 5.13 Å². The van der Waals surface area contributed by atoms with Crippen molar-refractivity contribution in [3.8, 4) is 11.3 Å². The summed E-state index contributed by atoms with van der Waals surface area (Å²) in [7, 11) is 1.85. The molecule has 0 aliphatic carbocycles. The van der Waals surface area contributed by atoms with Crippen LogP contribution in [0.1, 0.15) is 29.1 Å². The summed E-state index contributed by atoms with van der Waals surface area (Å²) in [6, 6.07) is 0.562. The van der Waals surface area contributed by atoms with E-state index in [0.717, 1.165) is 21.6 Å². The van der Waals surface area contributed by atoms with Crippen molar-refractivity contribution in [2.45, 2.75) is 19.9 Å². The summed E-state index contributed by atoms with van der Waals surface area (Å²) in [5.41, 5.74) is 2.55. The van der Waals surface area contributed by atoms with Crippen molar-refractivity contribution < 1.29 is 14.7 Å². The molecular formula is C15H16N6O3S. The number of aromatic carboxylic acids is 1. The molecule has 0 saturated heterocycles. The van der Waals surface area contributed by atoms with E-state index in [0.29, 0.717) is 5.13 Å². The number of aromatic nitrogens is 5. The molecule has 0 aliphatic rings. The van der Waals surface area contributed by atoms with E-state index in [-0.39, 0.29) is 5.69 Å². The van der Waals surface area contributed by atoms with Crippen LogP contribution in [0.4, 0.5) is 5.13 Å². The fraction of sp³-hybridized carbons (Fsp3) is 0.267. The zero-order valence-corrected chi connectivity index (χ0v) is 14.6. The highest BCUT2D eigenvalue weighted by atomic mass is 32.1. The molecule has 0 bridgehead atoms. The lowest BCUT2D eigenvalue weighted by Gasteiger charge is -2.12. The van der Waals surface area contributed by atoms with E-state index >= 15 is 0 Å². The molecule has 3 aromatic heterocycles. The van der Waals surface area contributed by atoms with Gasteiger partial charge in [-0.2, -0.15) is 10.2 Å². The number of carboxylic acid groups (broad SMARTS) is 1. The first kappa shape index (κ1) is 16.8. The number of carboxylic acids is 1. The minimum absolute atomic E-state index is 0.0477. The van der Waals surface area contributed by atoms with Gasteiger partial charge in [-0.15, -0.1) is 11.3 Å². The van der Waals surface area contributed by atoms with Crippen LogP contribution in [-0.4, -0.2) is 41.5 Å². The Bertz CT molecular complexity index is 941. The quantitative estimate of drug-likeness (QED) is 0.718. The molecule has 1 amide bonds. The smallest absolute Gasteiger partial charge is 0.354 e. The Kier molecular flexibility index (Phi) is 4.36. The van der Waals surface area contributed by atoms with E-state index in [1.165, 1.54) is 23.6 Å². The summed E-state index contributed by atoms with van der Waals surface area (Å²) in [5, 5.41) is 22.2. The van der Waals surface area contributed by atoms with Crippen molar-refractivity contribution in [1.82, 2.24) is 24.5 Å². The number of hydrogen-bond donors (Lipinski definition) is 2. The van der Waals surface area contributed by atoms with E-state index < -0.39 is 17.9 Å². The molecule has 1 unspecified atom stereocenters. The maximum Gasteiger partial charge on any atom is 0.354 e. The number of nitrogens with one attached hydrogen (secondary N) is 1. The molecule has 3 heterocycles. The lowest BCUT2D eigenvalue weighted by Crippen LogP contribution is -2.26. The first-order valence-electron chi connectivity index (χ1n) is 7.40. The van der Waals surface area contributed by atoms with Gasteiger partial charge in [-0.1, -0.05) is 0 Å². The SMILES string of the molecule is Cc1c(-c2csc(NC(=O)C(C)n3nccc3C(=O)O)n2)cnn1C. The van der Waals surface area contributed by atoms with Gasteiger partial charge in [0.05, 0.1) is 11.9 Å². The summed E-state index contributed by atoms with van der Waals surface area (Å²) in [4.78, 5) is 27.9. The monoisotopic (exact) mass is 360 g/mol. The number of anilines is 1. The van der Waals surface area contributed by atoms with Gasteiger partial charge in [-0.3, -0.25) is 9.48 Å². The highest BCUT2D eigenvalue weighted by Gasteiger charge is 2.22. The third-order valence-corrected chi connectivity index (χ3v) is 4.64. The second kappa shape index (κ2) is 6.48. The zero-order valence-electron chi connectivity index (χ0n) is 13.8. The maximum absolute atomic E-state index is 12.4. The molecule has 25 heavy (non-hydrogen) atoms. The Morgan fingerprint density at radius 2 is 2.12 bits per heavy atom. The van der Waals surface area contributed by atoms with E-state index in [4.69, 9.17) is 5.11 Å². The van der Waals surface area contributed by atoms with Gasteiger partial charge in [-0.25, -0.2) is 14.5 Å². The van der Waals surface area contributed by atoms with Crippen molar-refractivity contribution in [3.63, 3.8) is 0 Å².